The normalized spacial score (nSPS) is 18.3. The first-order valence-electron chi connectivity index (χ1n) is 6.56. The lowest BCUT2D eigenvalue weighted by Gasteiger charge is -2.12. The van der Waals surface area contributed by atoms with Crippen molar-refractivity contribution in [1.82, 2.24) is 10.6 Å². The van der Waals surface area contributed by atoms with Crippen LogP contribution in [0.5, 0.6) is 5.75 Å². The van der Waals surface area contributed by atoms with Crippen LogP contribution in [0.2, 0.25) is 0 Å². The van der Waals surface area contributed by atoms with Gasteiger partial charge in [-0.05, 0) is 44.0 Å². The summed E-state index contributed by atoms with van der Waals surface area (Å²) < 4.78 is 6.12. The lowest BCUT2D eigenvalue weighted by atomic mass is 10.1. The van der Waals surface area contributed by atoms with Crippen LogP contribution in [0.1, 0.15) is 29.6 Å². The molecule has 0 saturated carbocycles. The second-order valence-corrected chi connectivity index (χ2v) is 5.60. The molecule has 0 radical (unpaired) electrons. The number of benzene rings is 1. The van der Waals surface area contributed by atoms with E-state index in [1.165, 1.54) is 12.8 Å². The van der Waals surface area contributed by atoms with Gasteiger partial charge in [-0.1, -0.05) is 15.9 Å². The number of hydrogen-bond acceptors (Lipinski definition) is 3. The van der Waals surface area contributed by atoms with Gasteiger partial charge in [-0.2, -0.15) is 0 Å². The molecular formula is C14H19BrN2O2. The standard InChI is InChI=1S/C14H19BrN2O2/c1-19-13-9-10(15)4-5-12(13)14(18)17-8-6-11-3-2-7-16-11/h4-5,9,11,16H,2-3,6-8H2,1H3,(H,17,18). The van der Waals surface area contributed by atoms with E-state index < -0.39 is 0 Å². The van der Waals surface area contributed by atoms with Crippen molar-refractivity contribution in [2.24, 2.45) is 0 Å². The molecule has 19 heavy (non-hydrogen) atoms. The molecule has 1 fully saturated rings. The van der Waals surface area contributed by atoms with Gasteiger partial charge in [0.15, 0.2) is 0 Å². The van der Waals surface area contributed by atoms with Crippen molar-refractivity contribution in [3.8, 4) is 5.75 Å². The minimum absolute atomic E-state index is 0.0812. The molecule has 0 aliphatic carbocycles. The van der Waals surface area contributed by atoms with Crippen molar-refractivity contribution in [3.05, 3.63) is 28.2 Å². The fourth-order valence-electron chi connectivity index (χ4n) is 2.31. The van der Waals surface area contributed by atoms with Crippen LogP contribution in [0.15, 0.2) is 22.7 Å². The summed E-state index contributed by atoms with van der Waals surface area (Å²) in [5, 5.41) is 6.36. The van der Waals surface area contributed by atoms with Gasteiger partial charge in [-0.25, -0.2) is 0 Å². The first-order valence-corrected chi connectivity index (χ1v) is 7.35. The molecule has 0 bridgehead atoms. The number of methoxy groups -OCH3 is 1. The fraction of sp³-hybridized carbons (Fsp3) is 0.500. The second kappa shape index (κ2) is 6.91. The van der Waals surface area contributed by atoms with Gasteiger partial charge < -0.3 is 15.4 Å². The minimum Gasteiger partial charge on any atom is -0.496 e. The molecule has 1 aliphatic heterocycles. The van der Waals surface area contributed by atoms with E-state index in [4.69, 9.17) is 4.74 Å². The highest BCUT2D eigenvalue weighted by Crippen LogP contribution is 2.23. The smallest absolute Gasteiger partial charge is 0.255 e. The Hall–Kier alpha value is -1.07. The Morgan fingerprint density at radius 2 is 2.42 bits per heavy atom. The van der Waals surface area contributed by atoms with Crippen LogP contribution in [0.3, 0.4) is 0 Å². The molecule has 0 spiro atoms. The third kappa shape index (κ3) is 3.94. The number of halogens is 1. The molecule has 0 aromatic heterocycles. The first-order chi connectivity index (χ1) is 9.20. The quantitative estimate of drug-likeness (QED) is 0.873. The summed E-state index contributed by atoms with van der Waals surface area (Å²) in [6.07, 6.45) is 3.42. The molecule has 1 unspecified atom stereocenters. The summed E-state index contributed by atoms with van der Waals surface area (Å²) in [5.41, 5.74) is 0.574. The number of nitrogens with one attached hydrogen (secondary N) is 2. The van der Waals surface area contributed by atoms with Crippen LogP contribution in [0, 0.1) is 0 Å². The minimum atomic E-state index is -0.0812. The van der Waals surface area contributed by atoms with Gasteiger partial charge in [0.25, 0.3) is 5.91 Å². The number of ether oxygens (including phenoxy) is 1. The number of hydrogen-bond donors (Lipinski definition) is 2. The van der Waals surface area contributed by atoms with Crippen LogP contribution in [0.4, 0.5) is 0 Å². The average Bonchev–Trinajstić information content (AvgIpc) is 2.91. The maximum absolute atomic E-state index is 12.1. The lowest BCUT2D eigenvalue weighted by Crippen LogP contribution is -2.30. The van der Waals surface area contributed by atoms with Crippen molar-refractivity contribution < 1.29 is 9.53 Å². The molecule has 2 rings (SSSR count). The molecule has 5 heteroatoms. The van der Waals surface area contributed by atoms with Crippen molar-refractivity contribution in [1.29, 1.82) is 0 Å². The Morgan fingerprint density at radius 1 is 1.58 bits per heavy atom. The Morgan fingerprint density at radius 3 is 3.11 bits per heavy atom. The summed E-state index contributed by atoms with van der Waals surface area (Å²) in [5.74, 6) is 0.508. The van der Waals surface area contributed by atoms with E-state index in [-0.39, 0.29) is 5.91 Å². The van der Waals surface area contributed by atoms with Crippen molar-refractivity contribution in [3.63, 3.8) is 0 Å². The van der Waals surface area contributed by atoms with Gasteiger partial charge in [-0.3, -0.25) is 4.79 Å². The number of amides is 1. The molecular weight excluding hydrogens is 308 g/mol. The van der Waals surface area contributed by atoms with Crippen molar-refractivity contribution in [2.75, 3.05) is 20.2 Å². The maximum Gasteiger partial charge on any atom is 0.255 e. The van der Waals surface area contributed by atoms with Crippen molar-refractivity contribution in [2.45, 2.75) is 25.3 Å². The maximum atomic E-state index is 12.1. The summed E-state index contributed by atoms with van der Waals surface area (Å²) in [4.78, 5) is 12.1. The molecule has 104 valence electrons. The zero-order valence-electron chi connectivity index (χ0n) is 11.0. The zero-order chi connectivity index (χ0) is 13.7. The lowest BCUT2D eigenvalue weighted by molar-refractivity contribution is 0.0949. The first kappa shape index (κ1) is 14.3. The third-order valence-electron chi connectivity index (χ3n) is 3.35. The predicted octanol–water partition coefficient (Wildman–Crippen LogP) is 2.33. The molecule has 1 heterocycles. The monoisotopic (exact) mass is 326 g/mol. The van der Waals surface area contributed by atoms with Gasteiger partial charge in [-0.15, -0.1) is 0 Å². The van der Waals surface area contributed by atoms with E-state index in [1.807, 2.05) is 6.07 Å². The summed E-state index contributed by atoms with van der Waals surface area (Å²) in [7, 11) is 1.57. The van der Waals surface area contributed by atoms with Crippen LogP contribution in [0.25, 0.3) is 0 Å². The Bertz CT molecular complexity index is 445. The van der Waals surface area contributed by atoms with E-state index in [1.54, 1.807) is 19.2 Å². The molecule has 1 atom stereocenters. The second-order valence-electron chi connectivity index (χ2n) is 4.68. The predicted molar refractivity (Wildman–Crippen MR) is 78.7 cm³/mol. The van der Waals surface area contributed by atoms with Crippen molar-refractivity contribution >= 4 is 21.8 Å². The molecule has 2 N–H and O–H groups in total. The Balaban J connectivity index is 1.88. The largest absolute Gasteiger partial charge is 0.496 e. The molecule has 1 aliphatic rings. The number of carbonyl (C=O) groups excluding carboxylic acids is 1. The van der Waals surface area contributed by atoms with Gasteiger partial charge in [0.2, 0.25) is 0 Å². The molecule has 1 aromatic rings. The van der Waals surface area contributed by atoms with E-state index in [0.717, 1.165) is 17.4 Å². The van der Waals surface area contributed by atoms with Crippen LogP contribution < -0.4 is 15.4 Å². The molecule has 1 saturated heterocycles. The van der Waals surface area contributed by atoms with E-state index in [0.29, 0.717) is 23.9 Å². The van der Waals surface area contributed by atoms with Gasteiger partial charge >= 0.3 is 0 Å². The van der Waals surface area contributed by atoms with Gasteiger partial charge in [0, 0.05) is 17.1 Å². The molecule has 1 amide bonds. The number of carbonyl (C=O) groups is 1. The highest BCUT2D eigenvalue weighted by molar-refractivity contribution is 9.10. The van der Waals surface area contributed by atoms with E-state index >= 15 is 0 Å². The Labute approximate surface area is 122 Å². The highest BCUT2D eigenvalue weighted by atomic mass is 79.9. The summed E-state index contributed by atoms with van der Waals surface area (Å²) >= 11 is 3.36. The van der Waals surface area contributed by atoms with Crippen LogP contribution in [-0.2, 0) is 0 Å². The zero-order valence-corrected chi connectivity index (χ0v) is 12.6. The van der Waals surface area contributed by atoms with Gasteiger partial charge in [0.05, 0.1) is 12.7 Å². The van der Waals surface area contributed by atoms with E-state index in [2.05, 4.69) is 26.6 Å². The molecule has 4 nitrogen and oxygen atoms in total. The van der Waals surface area contributed by atoms with Crippen LogP contribution >= 0.6 is 15.9 Å². The van der Waals surface area contributed by atoms with E-state index in [9.17, 15) is 4.79 Å². The Kier molecular flexibility index (Phi) is 5.22. The summed E-state index contributed by atoms with van der Waals surface area (Å²) in [6.45, 7) is 1.79. The fourth-order valence-corrected chi connectivity index (χ4v) is 2.65. The number of rotatable bonds is 5. The van der Waals surface area contributed by atoms with Gasteiger partial charge in [0.1, 0.15) is 5.75 Å². The third-order valence-corrected chi connectivity index (χ3v) is 3.84. The molecule has 1 aromatic carbocycles. The van der Waals surface area contributed by atoms with Crippen LogP contribution in [-0.4, -0.2) is 32.1 Å². The average molecular weight is 327 g/mol. The SMILES string of the molecule is COc1cc(Br)ccc1C(=O)NCCC1CCCN1. The topological polar surface area (TPSA) is 50.4 Å². The summed E-state index contributed by atoms with van der Waals surface area (Å²) in [6, 6.07) is 5.96. The highest BCUT2D eigenvalue weighted by Gasteiger charge is 2.15.